The van der Waals surface area contributed by atoms with Crippen LogP contribution in [0.3, 0.4) is 0 Å². The fourth-order valence-electron chi connectivity index (χ4n) is 3.74. The first-order valence-corrected chi connectivity index (χ1v) is 12.2. The number of nitrogens with one attached hydrogen (secondary N) is 1. The van der Waals surface area contributed by atoms with Gasteiger partial charge < -0.3 is 4.90 Å². The van der Waals surface area contributed by atoms with Crippen LogP contribution in [0.15, 0.2) is 72.4 Å². The number of pyridine rings is 1. The highest BCUT2D eigenvalue weighted by atomic mass is 35.5. The predicted molar refractivity (Wildman–Crippen MR) is 131 cm³/mol. The molecular weight excluding hydrogens is 458 g/mol. The molecule has 170 valence electrons. The Morgan fingerprint density at radius 3 is 2.36 bits per heavy atom. The second-order valence-electron chi connectivity index (χ2n) is 8.92. The lowest BCUT2D eigenvalue weighted by Gasteiger charge is -2.19. The molecule has 2 aromatic carbocycles. The van der Waals surface area contributed by atoms with E-state index in [4.69, 9.17) is 11.6 Å². The van der Waals surface area contributed by atoms with Gasteiger partial charge in [-0.3, -0.25) is 14.5 Å². The lowest BCUT2D eigenvalue weighted by atomic mass is 9.87. The standard InChI is InChI=1S/C25H24ClN3O3S/c1-16-22-21(28-33(31,32)19-9-7-18(8-10-19)25(2,3)4)12-11-20(26)23(22)24(30)29(16)15-17-6-5-13-27-14-17/h5-14,28H,1,15H2,2-4H3. The first-order valence-electron chi connectivity index (χ1n) is 10.3. The quantitative estimate of drug-likeness (QED) is 0.524. The molecule has 2 heterocycles. The van der Waals surface area contributed by atoms with Gasteiger partial charge in [-0.2, -0.15) is 0 Å². The van der Waals surface area contributed by atoms with Crippen LogP contribution in [0.5, 0.6) is 0 Å². The second-order valence-corrected chi connectivity index (χ2v) is 11.0. The number of rotatable bonds is 5. The molecule has 4 rings (SSSR count). The Hall–Kier alpha value is -3.16. The van der Waals surface area contributed by atoms with Crippen molar-refractivity contribution in [1.29, 1.82) is 0 Å². The number of halogens is 1. The van der Waals surface area contributed by atoms with E-state index in [0.29, 0.717) is 11.3 Å². The Balaban J connectivity index is 1.68. The van der Waals surface area contributed by atoms with Crippen molar-refractivity contribution in [3.63, 3.8) is 0 Å². The number of nitrogens with zero attached hydrogens (tertiary/aromatic N) is 2. The molecule has 1 aliphatic rings. The number of amides is 1. The van der Waals surface area contributed by atoms with E-state index in [0.717, 1.165) is 11.1 Å². The maximum absolute atomic E-state index is 13.1. The van der Waals surface area contributed by atoms with Gasteiger partial charge in [0.15, 0.2) is 0 Å². The molecule has 1 N–H and O–H groups in total. The summed E-state index contributed by atoms with van der Waals surface area (Å²) in [6.45, 7) is 10.5. The van der Waals surface area contributed by atoms with E-state index >= 15 is 0 Å². The first kappa shape index (κ1) is 23.0. The van der Waals surface area contributed by atoms with Crippen LogP contribution in [0, 0.1) is 0 Å². The third-order valence-corrected chi connectivity index (χ3v) is 7.26. The van der Waals surface area contributed by atoms with E-state index in [1.165, 1.54) is 11.0 Å². The van der Waals surface area contributed by atoms with Gasteiger partial charge >= 0.3 is 0 Å². The molecule has 0 bridgehead atoms. The second kappa shape index (κ2) is 8.32. The van der Waals surface area contributed by atoms with Crippen LogP contribution in [0.2, 0.25) is 5.02 Å². The average molecular weight is 482 g/mol. The first-order chi connectivity index (χ1) is 15.5. The zero-order valence-corrected chi connectivity index (χ0v) is 20.2. The van der Waals surface area contributed by atoms with Gasteiger partial charge in [-0.1, -0.05) is 57.2 Å². The minimum Gasteiger partial charge on any atom is -0.304 e. The zero-order valence-electron chi connectivity index (χ0n) is 18.6. The molecule has 6 nitrogen and oxygen atoms in total. The Labute approximate surface area is 199 Å². The van der Waals surface area contributed by atoms with E-state index in [-0.39, 0.29) is 39.0 Å². The largest absolute Gasteiger partial charge is 0.304 e. The molecule has 0 spiro atoms. The molecule has 33 heavy (non-hydrogen) atoms. The van der Waals surface area contributed by atoms with E-state index in [9.17, 15) is 13.2 Å². The number of anilines is 1. The molecule has 0 saturated carbocycles. The summed E-state index contributed by atoms with van der Waals surface area (Å²) >= 11 is 6.34. The molecule has 1 amide bonds. The van der Waals surface area contributed by atoms with Crippen LogP contribution in [-0.2, 0) is 22.0 Å². The Morgan fingerprint density at radius 1 is 1.06 bits per heavy atom. The monoisotopic (exact) mass is 481 g/mol. The molecule has 1 aromatic heterocycles. The number of sulfonamides is 1. The van der Waals surface area contributed by atoms with Gasteiger partial charge in [0.1, 0.15) is 0 Å². The van der Waals surface area contributed by atoms with Crippen molar-refractivity contribution in [3.8, 4) is 0 Å². The summed E-state index contributed by atoms with van der Waals surface area (Å²) in [6, 6.07) is 13.5. The van der Waals surface area contributed by atoms with Crippen LogP contribution in [0.25, 0.3) is 5.70 Å². The lowest BCUT2D eigenvalue weighted by molar-refractivity contribution is 0.0843. The number of aromatic nitrogens is 1. The van der Waals surface area contributed by atoms with Crippen LogP contribution >= 0.6 is 11.6 Å². The van der Waals surface area contributed by atoms with Gasteiger partial charge in [-0.15, -0.1) is 0 Å². The van der Waals surface area contributed by atoms with Crippen LogP contribution < -0.4 is 4.72 Å². The van der Waals surface area contributed by atoms with E-state index in [1.54, 1.807) is 48.8 Å². The topological polar surface area (TPSA) is 79.4 Å². The fraction of sp³-hybridized carbons (Fsp3) is 0.200. The highest BCUT2D eigenvalue weighted by Gasteiger charge is 2.36. The lowest BCUT2D eigenvalue weighted by Crippen LogP contribution is -2.22. The number of hydrogen-bond acceptors (Lipinski definition) is 4. The van der Waals surface area contributed by atoms with Crippen molar-refractivity contribution >= 4 is 38.9 Å². The molecule has 0 radical (unpaired) electrons. The van der Waals surface area contributed by atoms with E-state index in [2.05, 4.69) is 37.1 Å². The maximum atomic E-state index is 13.1. The number of fused-ring (bicyclic) bond motifs is 1. The zero-order chi connectivity index (χ0) is 24.0. The van der Waals surface area contributed by atoms with Crippen LogP contribution in [-0.4, -0.2) is 24.2 Å². The molecule has 0 aliphatic carbocycles. The van der Waals surface area contributed by atoms with Crippen LogP contribution in [0.1, 0.15) is 47.8 Å². The minimum atomic E-state index is -3.90. The van der Waals surface area contributed by atoms with Crippen molar-refractivity contribution in [2.24, 2.45) is 0 Å². The van der Waals surface area contributed by atoms with Gasteiger partial charge in [0.25, 0.3) is 15.9 Å². The van der Waals surface area contributed by atoms with E-state index in [1.807, 2.05) is 6.07 Å². The summed E-state index contributed by atoms with van der Waals surface area (Å²) < 4.78 is 28.9. The molecule has 3 aromatic rings. The smallest absolute Gasteiger partial charge is 0.261 e. The Kier molecular flexibility index (Phi) is 5.80. The summed E-state index contributed by atoms with van der Waals surface area (Å²) in [7, 11) is -3.90. The van der Waals surface area contributed by atoms with Crippen molar-refractivity contribution in [2.75, 3.05) is 4.72 Å². The molecule has 0 unspecified atom stereocenters. The highest BCUT2D eigenvalue weighted by Crippen LogP contribution is 2.42. The number of carbonyl (C=O) groups excluding carboxylic acids is 1. The molecule has 1 aliphatic heterocycles. The molecule has 0 saturated heterocycles. The summed E-state index contributed by atoms with van der Waals surface area (Å²) in [5.41, 5.74) is 2.99. The maximum Gasteiger partial charge on any atom is 0.261 e. The minimum absolute atomic E-state index is 0.0947. The molecular formula is C25H24ClN3O3S. The van der Waals surface area contributed by atoms with Crippen molar-refractivity contribution in [3.05, 3.63) is 94.8 Å². The normalized spacial score (nSPS) is 13.9. The van der Waals surface area contributed by atoms with Crippen molar-refractivity contribution in [2.45, 2.75) is 37.6 Å². The molecule has 8 heteroatoms. The summed E-state index contributed by atoms with van der Waals surface area (Å²) in [6.07, 6.45) is 3.31. The van der Waals surface area contributed by atoms with Crippen molar-refractivity contribution in [1.82, 2.24) is 9.88 Å². The van der Waals surface area contributed by atoms with Crippen molar-refractivity contribution < 1.29 is 13.2 Å². The molecule has 0 atom stereocenters. The molecule has 0 fully saturated rings. The van der Waals surface area contributed by atoms with Gasteiger partial charge in [-0.05, 0) is 46.9 Å². The van der Waals surface area contributed by atoms with Gasteiger partial charge in [0, 0.05) is 23.7 Å². The Morgan fingerprint density at radius 2 is 1.76 bits per heavy atom. The number of carbonyl (C=O) groups is 1. The summed E-state index contributed by atoms with van der Waals surface area (Å²) in [5.74, 6) is -0.334. The SMILES string of the molecule is C=C1c2c(NS(=O)(=O)c3ccc(C(C)(C)C)cc3)ccc(Cl)c2C(=O)N1Cc1cccnc1. The predicted octanol–water partition coefficient (Wildman–Crippen LogP) is 5.46. The fourth-order valence-corrected chi connectivity index (χ4v) is 5.05. The van der Waals surface area contributed by atoms with Gasteiger partial charge in [0.05, 0.1) is 27.7 Å². The number of benzene rings is 2. The highest BCUT2D eigenvalue weighted by molar-refractivity contribution is 7.92. The average Bonchev–Trinajstić information content (AvgIpc) is 3.02. The number of hydrogen-bond donors (Lipinski definition) is 1. The summed E-state index contributed by atoms with van der Waals surface area (Å²) in [4.78, 5) is 18.8. The van der Waals surface area contributed by atoms with Gasteiger partial charge in [-0.25, -0.2) is 8.42 Å². The van der Waals surface area contributed by atoms with Crippen LogP contribution in [0.4, 0.5) is 5.69 Å². The van der Waals surface area contributed by atoms with E-state index < -0.39 is 10.0 Å². The Bertz CT molecular complexity index is 1350. The van der Waals surface area contributed by atoms with Gasteiger partial charge in [0.2, 0.25) is 0 Å². The third kappa shape index (κ3) is 4.38. The summed E-state index contributed by atoms with van der Waals surface area (Å²) in [5, 5.41) is 0.238. The third-order valence-electron chi connectivity index (χ3n) is 5.57.